The van der Waals surface area contributed by atoms with Gasteiger partial charge in [-0.25, -0.2) is 9.97 Å². The maximum atomic E-state index is 11.7. The summed E-state index contributed by atoms with van der Waals surface area (Å²) in [5.41, 5.74) is 1.84. The number of nitrogens with zero attached hydrogens (tertiary/aromatic N) is 3. The van der Waals surface area contributed by atoms with Crippen molar-refractivity contribution in [1.82, 2.24) is 20.2 Å². The Labute approximate surface area is 112 Å². The fourth-order valence-electron chi connectivity index (χ4n) is 1.54. The van der Waals surface area contributed by atoms with Gasteiger partial charge in [0.05, 0.1) is 5.69 Å². The Morgan fingerprint density at radius 1 is 1.26 bits per heavy atom. The van der Waals surface area contributed by atoms with Gasteiger partial charge in [0.2, 0.25) is 5.82 Å². The van der Waals surface area contributed by atoms with Crippen LogP contribution < -0.4 is 5.32 Å². The van der Waals surface area contributed by atoms with Crippen molar-refractivity contribution < 1.29 is 4.79 Å². The zero-order valence-electron chi connectivity index (χ0n) is 9.70. The largest absolute Gasteiger partial charge is 0.295 e. The molecule has 3 rings (SSSR count). The van der Waals surface area contributed by atoms with Crippen LogP contribution in [0.2, 0.25) is 0 Å². The molecule has 1 amide bonds. The lowest BCUT2D eigenvalue weighted by Crippen LogP contribution is -2.13. The van der Waals surface area contributed by atoms with E-state index in [2.05, 4.69) is 25.5 Å². The molecule has 1 aromatic carbocycles. The number of hydrogen-bond acceptors (Lipinski definition) is 5. The number of H-pyrrole nitrogens is 1. The molecule has 0 aliphatic heterocycles. The Morgan fingerprint density at radius 2 is 2.11 bits per heavy atom. The van der Waals surface area contributed by atoms with Gasteiger partial charge in [0.15, 0.2) is 5.13 Å². The van der Waals surface area contributed by atoms with Gasteiger partial charge in [-0.05, 0) is 0 Å². The highest BCUT2D eigenvalue weighted by molar-refractivity contribution is 7.14. The van der Waals surface area contributed by atoms with Crippen molar-refractivity contribution in [3.63, 3.8) is 0 Å². The van der Waals surface area contributed by atoms with E-state index >= 15 is 0 Å². The van der Waals surface area contributed by atoms with E-state index in [-0.39, 0.29) is 11.7 Å². The third kappa shape index (κ3) is 2.50. The maximum Gasteiger partial charge on any atom is 0.294 e. The first-order valence-corrected chi connectivity index (χ1v) is 6.38. The molecule has 7 heteroatoms. The van der Waals surface area contributed by atoms with Crippen molar-refractivity contribution in [1.29, 1.82) is 0 Å². The van der Waals surface area contributed by atoms with Crippen LogP contribution in [0.3, 0.4) is 0 Å². The molecule has 2 N–H and O–H groups in total. The number of aromatic nitrogens is 4. The first kappa shape index (κ1) is 11.5. The molecule has 0 radical (unpaired) electrons. The minimum atomic E-state index is -0.355. The lowest BCUT2D eigenvalue weighted by molar-refractivity contribution is 0.101. The molecule has 0 aliphatic rings. The molecule has 0 spiro atoms. The van der Waals surface area contributed by atoms with E-state index in [0.29, 0.717) is 5.13 Å². The summed E-state index contributed by atoms with van der Waals surface area (Å²) < 4.78 is 0. The SMILES string of the molecule is O=C(Nc1nc(-c2ccccc2)cs1)c1ncn[nH]1. The van der Waals surface area contributed by atoms with E-state index in [1.165, 1.54) is 17.7 Å². The summed E-state index contributed by atoms with van der Waals surface area (Å²) >= 11 is 1.36. The molecule has 6 nitrogen and oxygen atoms in total. The Balaban J connectivity index is 1.77. The monoisotopic (exact) mass is 271 g/mol. The van der Waals surface area contributed by atoms with Crippen LogP contribution in [0.5, 0.6) is 0 Å². The zero-order valence-corrected chi connectivity index (χ0v) is 10.5. The standard InChI is InChI=1S/C12H9N5OS/c18-11(10-13-7-14-17-10)16-12-15-9(6-19-12)8-4-2-1-3-5-8/h1-7H,(H,13,14,17)(H,15,16,18). The lowest BCUT2D eigenvalue weighted by Gasteiger charge is -1.97. The molecule has 0 aliphatic carbocycles. The average molecular weight is 271 g/mol. The number of rotatable bonds is 3. The number of amides is 1. The fourth-order valence-corrected chi connectivity index (χ4v) is 2.26. The number of hydrogen-bond donors (Lipinski definition) is 2. The second-order valence-corrected chi connectivity index (χ2v) is 4.55. The molecule has 2 heterocycles. The zero-order chi connectivity index (χ0) is 13.1. The van der Waals surface area contributed by atoms with Crippen molar-refractivity contribution in [3.8, 4) is 11.3 Å². The van der Waals surface area contributed by atoms with Crippen molar-refractivity contribution in [3.05, 3.63) is 47.9 Å². The number of carbonyl (C=O) groups is 1. The summed E-state index contributed by atoms with van der Waals surface area (Å²) in [6.07, 6.45) is 1.28. The second-order valence-electron chi connectivity index (χ2n) is 3.69. The molecule has 0 saturated heterocycles. The Morgan fingerprint density at radius 3 is 2.84 bits per heavy atom. The highest BCUT2D eigenvalue weighted by Gasteiger charge is 2.11. The predicted molar refractivity (Wildman–Crippen MR) is 71.9 cm³/mol. The van der Waals surface area contributed by atoms with E-state index in [1.807, 2.05) is 35.7 Å². The highest BCUT2D eigenvalue weighted by Crippen LogP contribution is 2.24. The van der Waals surface area contributed by atoms with Crippen molar-refractivity contribution in [2.75, 3.05) is 5.32 Å². The Kier molecular flexibility index (Phi) is 3.03. The molecule has 0 saturated carbocycles. The number of anilines is 1. The first-order chi connectivity index (χ1) is 9.33. The van der Waals surface area contributed by atoms with Gasteiger partial charge in [-0.2, -0.15) is 5.10 Å². The smallest absolute Gasteiger partial charge is 0.294 e. The molecule has 0 unspecified atom stereocenters. The van der Waals surface area contributed by atoms with Gasteiger partial charge in [0.1, 0.15) is 6.33 Å². The highest BCUT2D eigenvalue weighted by atomic mass is 32.1. The molecule has 2 aromatic heterocycles. The van der Waals surface area contributed by atoms with E-state index in [1.54, 1.807) is 0 Å². The van der Waals surface area contributed by atoms with Crippen LogP contribution in [0.4, 0.5) is 5.13 Å². The van der Waals surface area contributed by atoms with E-state index in [4.69, 9.17) is 0 Å². The molecule has 19 heavy (non-hydrogen) atoms. The number of nitrogens with one attached hydrogen (secondary N) is 2. The van der Waals surface area contributed by atoms with E-state index < -0.39 is 0 Å². The molecule has 0 bridgehead atoms. The van der Waals surface area contributed by atoms with Gasteiger partial charge in [-0.3, -0.25) is 15.2 Å². The van der Waals surface area contributed by atoms with Crippen LogP contribution in [0.15, 0.2) is 42.0 Å². The van der Waals surface area contributed by atoms with Crippen molar-refractivity contribution >= 4 is 22.4 Å². The molecule has 3 aromatic rings. The number of thiazole rings is 1. The minimum absolute atomic E-state index is 0.163. The van der Waals surface area contributed by atoms with Crippen LogP contribution in [0.1, 0.15) is 10.6 Å². The molecular weight excluding hydrogens is 262 g/mol. The summed E-state index contributed by atoms with van der Waals surface area (Å²) in [5, 5.41) is 11.2. The van der Waals surface area contributed by atoms with Crippen LogP contribution >= 0.6 is 11.3 Å². The van der Waals surface area contributed by atoms with Gasteiger partial charge >= 0.3 is 0 Å². The van der Waals surface area contributed by atoms with Crippen LogP contribution in [-0.4, -0.2) is 26.1 Å². The average Bonchev–Trinajstić information content (AvgIpc) is 3.11. The summed E-state index contributed by atoms with van der Waals surface area (Å²) in [6, 6.07) is 9.78. The Bertz CT molecular complexity index is 677. The van der Waals surface area contributed by atoms with E-state index in [0.717, 1.165) is 11.3 Å². The first-order valence-electron chi connectivity index (χ1n) is 5.50. The Hall–Kier alpha value is -2.54. The van der Waals surface area contributed by atoms with Gasteiger partial charge < -0.3 is 0 Å². The van der Waals surface area contributed by atoms with Gasteiger partial charge in [-0.1, -0.05) is 30.3 Å². The number of benzene rings is 1. The predicted octanol–water partition coefficient (Wildman–Crippen LogP) is 2.18. The summed E-state index contributed by atoms with van der Waals surface area (Å²) in [6.45, 7) is 0. The fraction of sp³-hybridized carbons (Fsp3) is 0. The normalized spacial score (nSPS) is 10.3. The van der Waals surface area contributed by atoms with Gasteiger partial charge in [0.25, 0.3) is 5.91 Å². The molecule has 0 fully saturated rings. The topological polar surface area (TPSA) is 83.6 Å². The summed E-state index contributed by atoms with van der Waals surface area (Å²) in [4.78, 5) is 19.9. The molecule has 94 valence electrons. The maximum absolute atomic E-state index is 11.7. The van der Waals surface area contributed by atoms with Crippen LogP contribution in [0, 0.1) is 0 Å². The van der Waals surface area contributed by atoms with Crippen LogP contribution in [-0.2, 0) is 0 Å². The third-order valence-electron chi connectivity index (χ3n) is 2.42. The van der Waals surface area contributed by atoms with Crippen molar-refractivity contribution in [2.45, 2.75) is 0 Å². The molecular formula is C12H9N5OS. The van der Waals surface area contributed by atoms with Gasteiger partial charge in [-0.15, -0.1) is 11.3 Å². The van der Waals surface area contributed by atoms with Crippen LogP contribution in [0.25, 0.3) is 11.3 Å². The summed E-state index contributed by atoms with van der Waals surface area (Å²) in [5.74, 6) is -0.192. The molecule has 0 atom stereocenters. The summed E-state index contributed by atoms with van der Waals surface area (Å²) in [7, 11) is 0. The number of carbonyl (C=O) groups excluding carboxylic acids is 1. The quantitative estimate of drug-likeness (QED) is 0.764. The lowest BCUT2D eigenvalue weighted by atomic mass is 10.2. The minimum Gasteiger partial charge on any atom is -0.295 e. The third-order valence-corrected chi connectivity index (χ3v) is 3.18. The second kappa shape index (κ2) is 4.99. The van der Waals surface area contributed by atoms with Gasteiger partial charge in [0, 0.05) is 10.9 Å². The van der Waals surface area contributed by atoms with Crippen molar-refractivity contribution in [2.24, 2.45) is 0 Å². The van der Waals surface area contributed by atoms with E-state index in [9.17, 15) is 4.79 Å². The number of aromatic amines is 1.